The Bertz CT molecular complexity index is 650. The molecule has 0 radical (unpaired) electrons. The van der Waals surface area contributed by atoms with Gasteiger partial charge >= 0.3 is 0 Å². The van der Waals surface area contributed by atoms with Crippen molar-refractivity contribution in [3.63, 3.8) is 0 Å². The van der Waals surface area contributed by atoms with Crippen LogP contribution in [-0.2, 0) is 0 Å². The minimum absolute atomic E-state index is 0.859. The Morgan fingerprint density at radius 2 is 2.12 bits per heavy atom. The van der Waals surface area contributed by atoms with Crippen molar-refractivity contribution in [1.82, 2.24) is 4.98 Å². The van der Waals surface area contributed by atoms with Crippen LogP contribution in [0.2, 0.25) is 0 Å². The summed E-state index contributed by atoms with van der Waals surface area (Å²) in [5.74, 6) is 1.73. The van der Waals surface area contributed by atoms with Gasteiger partial charge in [0.15, 0.2) is 0 Å². The van der Waals surface area contributed by atoms with Crippen LogP contribution in [0.4, 0.5) is 0 Å². The van der Waals surface area contributed by atoms with Crippen molar-refractivity contribution in [2.45, 2.75) is 6.92 Å². The molecule has 0 saturated heterocycles. The summed E-state index contributed by atoms with van der Waals surface area (Å²) in [6.07, 6.45) is 1.68. The Hall–Kier alpha value is -2.16. The Balaban J connectivity index is 2.25. The lowest BCUT2D eigenvalue weighted by molar-refractivity contribution is 0.415. The second-order valence-corrected chi connectivity index (χ2v) is 4.01. The van der Waals surface area contributed by atoms with Crippen LogP contribution in [0.1, 0.15) is 5.56 Å². The highest BCUT2D eigenvalue weighted by molar-refractivity contribution is 5.90. The highest BCUT2D eigenvalue weighted by atomic mass is 16.5. The number of benzene rings is 1. The van der Waals surface area contributed by atoms with Gasteiger partial charge in [0.05, 0.1) is 19.1 Å². The molecule has 3 heteroatoms. The normalized spacial score (nSPS) is 10.9. The molecule has 17 heavy (non-hydrogen) atoms. The lowest BCUT2D eigenvalue weighted by Gasteiger charge is -1.99. The van der Waals surface area contributed by atoms with E-state index in [1.807, 2.05) is 30.3 Å². The molecule has 2 aromatic heterocycles. The Morgan fingerprint density at radius 1 is 1.24 bits per heavy atom. The molecule has 3 aromatic rings. The van der Waals surface area contributed by atoms with Crippen LogP contribution < -0.4 is 4.74 Å². The summed E-state index contributed by atoms with van der Waals surface area (Å²) in [7, 11) is 1.68. The van der Waals surface area contributed by atoms with Gasteiger partial charge in [-0.2, -0.15) is 0 Å². The molecule has 0 aliphatic heterocycles. The van der Waals surface area contributed by atoms with Crippen LogP contribution >= 0.6 is 0 Å². The minimum atomic E-state index is 0.859. The van der Waals surface area contributed by atoms with Crippen molar-refractivity contribution in [2.75, 3.05) is 7.11 Å². The van der Waals surface area contributed by atoms with Gasteiger partial charge in [-0.05, 0) is 42.8 Å². The third kappa shape index (κ3) is 1.51. The first-order valence-corrected chi connectivity index (χ1v) is 5.50. The molecule has 0 aliphatic rings. The second-order valence-electron chi connectivity index (χ2n) is 4.01. The molecule has 1 N–H and O–H groups in total. The fourth-order valence-electron chi connectivity index (χ4n) is 2.10. The summed E-state index contributed by atoms with van der Waals surface area (Å²) < 4.78 is 10.7. The molecule has 0 atom stereocenters. The number of aromatic amines is 1. The summed E-state index contributed by atoms with van der Waals surface area (Å²) in [5.41, 5.74) is 3.29. The molecule has 3 nitrogen and oxygen atoms in total. The smallest absolute Gasteiger partial charge is 0.150 e. The first-order valence-electron chi connectivity index (χ1n) is 5.50. The summed E-state index contributed by atoms with van der Waals surface area (Å²) >= 11 is 0. The van der Waals surface area contributed by atoms with E-state index in [2.05, 4.69) is 11.9 Å². The zero-order chi connectivity index (χ0) is 11.8. The van der Waals surface area contributed by atoms with E-state index in [-0.39, 0.29) is 0 Å². The molecule has 0 aliphatic carbocycles. The van der Waals surface area contributed by atoms with Crippen LogP contribution in [0.25, 0.3) is 22.4 Å². The third-order valence-electron chi connectivity index (χ3n) is 3.03. The molecule has 3 rings (SSSR count). The van der Waals surface area contributed by atoms with Crippen LogP contribution in [0, 0.1) is 6.92 Å². The van der Waals surface area contributed by atoms with Crippen LogP contribution in [0.5, 0.6) is 5.75 Å². The van der Waals surface area contributed by atoms with Crippen molar-refractivity contribution in [3.05, 3.63) is 42.2 Å². The predicted octanol–water partition coefficient (Wildman–Crippen LogP) is 3.74. The number of ether oxygens (including phenoxy) is 1. The molecule has 0 saturated carbocycles. The minimum Gasteiger partial charge on any atom is -0.497 e. The molecule has 0 fully saturated rings. The number of aromatic nitrogens is 1. The third-order valence-corrected chi connectivity index (χ3v) is 3.03. The topological polar surface area (TPSA) is 38.2 Å². The number of rotatable bonds is 2. The maximum Gasteiger partial charge on any atom is 0.150 e. The van der Waals surface area contributed by atoms with Crippen molar-refractivity contribution in [2.24, 2.45) is 0 Å². The van der Waals surface area contributed by atoms with E-state index in [0.29, 0.717) is 0 Å². The van der Waals surface area contributed by atoms with Gasteiger partial charge in [0.2, 0.25) is 0 Å². The fraction of sp³-hybridized carbons (Fsp3) is 0.143. The van der Waals surface area contributed by atoms with Gasteiger partial charge in [-0.15, -0.1) is 0 Å². The van der Waals surface area contributed by atoms with Crippen LogP contribution in [0.15, 0.2) is 41.0 Å². The van der Waals surface area contributed by atoms with E-state index in [0.717, 1.165) is 28.1 Å². The van der Waals surface area contributed by atoms with Gasteiger partial charge in [0.25, 0.3) is 0 Å². The number of methoxy groups -OCH3 is 1. The highest BCUT2D eigenvalue weighted by Gasteiger charge is 2.11. The largest absolute Gasteiger partial charge is 0.497 e. The molecule has 2 heterocycles. The maximum atomic E-state index is 5.42. The number of aryl methyl sites for hydroxylation is 1. The van der Waals surface area contributed by atoms with Gasteiger partial charge < -0.3 is 14.1 Å². The number of nitrogens with one attached hydrogen (secondary N) is 1. The Kier molecular flexibility index (Phi) is 2.18. The molecule has 0 unspecified atom stereocenters. The quantitative estimate of drug-likeness (QED) is 0.724. The SMILES string of the molecule is COc1ccc2[nH]c(-c3ccco3)c(C)c2c1. The van der Waals surface area contributed by atoms with Gasteiger partial charge in [-0.25, -0.2) is 0 Å². The van der Waals surface area contributed by atoms with Crippen molar-refractivity contribution in [1.29, 1.82) is 0 Å². The average molecular weight is 227 g/mol. The van der Waals surface area contributed by atoms with Gasteiger partial charge in [-0.3, -0.25) is 0 Å². The first-order chi connectivity index (χ1) is 8.29. The van der Waals surface area contributed by atoms with Gasteiger partial charge in [0, 0.05) is 10.9 Å². The Labute approximate surface area is 99.0 Å². The zero-order valence-electron chi connectivity index (χ0n) is 9.78. The van der Waals surface area contributed by atoms with E-state index in [1.54, 1.807) is 13.4 Å². The molecular formula is C14H13NO2. The van der Waals surface area contributed by atoms with Crippen LogP contribution in [0.3, 0.4) is 0 Å². The lowest BCUT2D eigenvalue weighted by Crippen LogP contribution is -1.81. The molecule has 0 amide bonds. The number of hydrogen-bond acceptors (Lipinski definition) is 2. The second kappa shape index (κ2) is 3.70. The van der Waals surface area contributed by atoms with Crippen molar-refractivity contribution < 1.29 is 9.15 Å². The molecule has 0 bridgehead atoms. The summed E-state index contributed by atoms with van der Waals surface area (Å²) in [6.45, 7) is 2.08. The molecular weight excluding hydrogens is 214 g/mol. The lowest BCUT2D eigenvalue weighted by atomic mass is 10.1. The predicted molar refractivity (Wildman–Crippen MR) is 67.3 cm³/mol. The van der Waals surface area contributed by atoms with E-state index < -0.39 is 0 Å². The van der Waals surface area contributed by atoms with Crippen molar-refractivity contribution in [3.8, 4) is 17.2 Å². The molecule has 0 spiro atoms. The van der Waals surface area contributed by atoms with E-state index in [9.17, 15) is 0 Å². The maximum absolute atomic E-state index is 5.42. The standard InChI is InChI=1S/C14H13NO2/c1-9-11-8-10(16-2)5-6-12(11)15-14(9)13-4-3-7-17-13/h3-8,15H,1-2H3. The summed E-state index contributed by atoms with van der Waals surface area (Å²) in [5, 5.41) is 1.16. The van der Waals surface area contributed by atoms with E-state index in [4.69, 9.17) is 9.15 Å². The van der Waals surface area contributed by atoms with Gasteiger partial charge in [-0.1, -0.05) is 0 Å². The Morgan fingerprint density at radius 3 is 2.82 bits per heavy atom. The monoisotopic (exact) mass is 227 g/mol. The fourth-order valence-corrected chi connectivity index (χ4v) is 2.10. The molecule has 86 valence electrons. The number of hydrogen-bond donors (Lipinski definition) is 1. The first kappa shape index (κ1) is 10.0. The van der Waals surface area contributed by atoms with E-state index >= 15 is 0 Å². The number of H-pyrrole nitrogens is 1. The molecule has 1 aromatic carbocycles. The summed E-state index contributed by atoms with van der Waals surface area (Å²) in [4.78, 5) is 3.37. The average Bonchev–Trinajstić information content (AvgIpc) is 2.97. The highest BCUT2D eigenvalue weighted by Crippen LogP contribution is 2.31. The number of furan rings is 1. The van der Waals surface area contributed by atoms with Crippen molar-refractivity contribution >= 4 is 10.9 Å². The van der Waals surface area contributed by atoms with Crippen LogP contribution in [-0.4, -0.2) is 12.1 Å². The van der Waals surface area contributed by atoms with E-state index in [1.165, 1.54) is 5.56 Å². The summed E-state index contributed by atoms with van der Waals surface area (Å²) in [6, 6.07) is 9.85. The zero-order valence-corrected chi connectivity index (χ0v) is 9.78. The number of fused-ring (bicyclic) bond motifs is 1. The van der Waals surface area contributed by atoms with Gasteiger partial charge in [0.1, 0.15) is 11.5 Å².